The van der Waals surface area contributed by atoms with Crippen LogP contribution >= 0.6 is 0 Å². The molecule has 2 amide bonds. The summed E-state index contributed by atoms with van der Waals surface area (Å²) in [6.07, 6.45) is 0.914. The van der Waals surface area contributed by atoms with Crippen LogP contribution in [0.4, 0.5) is 4.79 Å². The average molecular weight is 304 g/mol. The lowest BCUT2D eigenvalue weighted by Gasteiger charge is -2.36. The summed E-state index contributed by atoms with van der Waals surface area (Å²) in [6, 6.07) is 8.28. The van der Waals surface area contributed by atoms with E-state index in [0.29, 0.717) is 26.4 Å². The summed E-state index contributed by atoms with van der Waals surface area (Å²) in [7, 11) is 0. The Balaban J connectivity index is 1.64. The van der Waals surface area contributed by atoms with Crippen LogP contribution in [0.1, 0.15) is 31.7 Å². The summed E-state index contributed by atoms with van der Waals surface area (Å²) in [5.41, 5.74) is 1.18. The van der Waals surface area contributed by atoms with Gasteiger partial charge in [-0.2, -0.15) is 0 Å². The van der Waals surface area contributed by atoms with Gasteiger partial charge in [-0.15, -0.1) is 0 Å². The Kier molecular flexibility index (Phi) is 4.52. The SMILES string of the molecule is CC[C@@H]1COCCN1C(=O)N[C@H](C)[C@H]1COc2ccccc21. The van der Waals surface area contributed by atoms with E-state index in [2.05, 4.69) is 25.2 Å². The molecule has 1 N–H and O–H groups in total. The molecule has 1 fully saturated rings. The Hall–Kier alpha value is -1.75. The number of amides is 2. The lowest BCUT2D eigenvalue weighted by Crippen LogP contribution is -2.54. The molecule has 3 rings (SSSR count). The fraction of sp³-hybridized carbons (Fsp3) is 0.588. The quantitative estimate of drug-likeness (QED) is 0.933. The summed E-state index contributed by atoms with van der Waals surface area (Å²) >= 11 is 0. The number of ether oxygens (including phenoxy) is 2. The second-order valence-electron chi connectivity index (χ2n) is 6.02. The molecule has 3 atom stereocenters. The van der Waals surface area contributed by atoms with Crippen molar-refractivity contribution >= 4 is 6.03 Å². The molecule has 0 bridgehead atoms. The summed E-state index contributed by atoms with van der Waals surface area (Å²) in [4.78, 5) is 14.5. The first kappa shape index (κ1) is 15.2. The number of urea groups is 1. The van der Waals surface area contributed by atoms with Gasteiger partial charge >= 0.3 is 6.03 Å². The molecule has 0 unspecified atom stereocenters. The van der Waals surface area contributed by atoms with Crippen LogP contribution in [0, 0.1) is 0 Å². The van der Waals surface area contributed by atoms with Crippen LogP contribution in [-0.2, 0) is 4.74 Å². The molecule has 0 aliphatic carbocycles. The van der Waals surface area contributed by atoms with E-state index in [9.17, 15) is 4.79 Å². The maximum Gasteiger partial charge on any atom is 0.318 e. The van der Waals surface area contributed by atoms with Crippen molar-refractivity contribution in [3.63, 3.8) is 0 Å². The van der Waals surface area contributed by atoms with E-state index in [1.54, 1.807) is 0 Å². The average Bonchev–Trinajstić information content (AvgIpc) is 2.98. The van der Waals surface area contributed by atoms with Crippen molar-refractivity contribution < 1.29 is 14.3 Å². The first-order valence-corrected chi connectivity index (χ1v) is 8.07. The molecule has 0 spiro atoms. The molecule has 22 heavy (non-hydrogen) atoms. The van der Waals surface area contributed by atoms with Crippen LogP contribution < -0.4 is 10.1 Å². The maximum absolute atomic E-state index is 12.6. The Morgan fingerprint density at radius 1 is 1.41 bits per heavy atom. The van der Waals surface area contributed by atoms with E-state index in [0.717, 1.165) is 12.2 Å². The van der Waals surface area contributed by atoms with Gasteiger partial charge in [0.1, 0.15) is 5.75 Å². The second-order valence-corrected chi connectivity index (χ2v) is 6.02. The molecule has 5 heteroatoms. The predicted molar refractivity (Wildman–Crippen MR) is 84.3 cm³/mol. The minimum Gasteiger partial charge on any atom is -0.493 e. The second kappa shape index (κ2) is 6.57. The molecule has 2 heterocycles. The summed E-state index contributed by atoms with van der Waals surface area (Å²) in [6.45, 7) is 6.68. The molecular weight excluding hydrogens is 280 g/mol. The fourth-order valence-corrected chi connectivity index (χ4v) is 3.24. The molecule has 2 aliphatic rings. The third kappa shape index (κ3) is 2.90. The van der Waals surface area contributed by atoms with Crippen molar-refractivity contribution in [2.45, 2.75) is 38.3 Å². The van der Waals surface area contributed by atoms with Crippen molar-refractivity contribution in [3.8, 4) is 5.75 Å². The van der Waals surface area contributed by atoms with Crippen molar-refractivity contribution in [2.24, 2.45) is 0 Å². The number of benzene rings is 1. The highest BCUT2D eigenvalue weighted by atomic mass is 16.5. The molecule has 120 valence electrons. The fourth-order valence-electron chi connectivity index (χ4n) is 3.24. The zero-order chi connectivity index (χ0) is 15.5. The number of nitrogens with one attached hydrogen (secondary N) is 1. The van der Waals surface area contributed by atoms with Crippen molar-refractivity contribution in [1.82, 2.24) is 10.2 Å². The van der Waals surface area contributed by atoms with Crippen LogP contribution in [0.15, 0.2) is 24.3 Å². The van der Waals surface area contributed by atoms with Crippen LogP contribution in [0.2, 0.25) is 0 Å². The standard InChI is InChI=1S/C17H24N2O3/c1-3-13-10-21-9-8-19(13)17(20)18-12(2)15-11-22-16-7-5-4-6-14(15)16/h4-7,12-13,15H,3,8-11H2,1-2H3,(H,18,20)/t12-,13-,15-/m1/s1. The highest BCUT2D eigenvalue weighted by Crippen LogP contribution is 2.35. The van der Waals surface area contributed by atoms with E-state index in [1.807, 2.05) is 23.1 Å². The number of carbonyl (C=O) groups excluding carboxylic acids is 1. The summed E-state index contributed by atoms with van der Waals surface area (Å²) < 4.78 is 11.2. The van der Waals surface area contributed by atoms with E-state index in [4.69, 9.17) is 9.47 Å². The maximum atomic E-state index is 12.6. The predicted octanol–water partition coefficient (Wildman–Crippen LogP) is 2.37. The molecule has 1 saturated heterocycles. The van der Waals surface area contributed by atoms with E-state index in [1.165, 1.54) is 5.56 Å². The number of hydrogen-bond donors (Lipinski definition) is 1. The third-order valence-electron chi connectivity index (χ3n) is 4.65. The number of fused-ring (bicyclic) bond motifs is 1. The molecule has 2 aliphatic heterocycles. The number of hydrogen-bond acceptors (Lipinski definition) is 3. The normalized spacial score (nSPS) is 25.3. The van der Waals surface area contributed by atoms with Crippen molar-refractivity contribution in [1.29, 1.82) is 0 Å². The van der Waals surface area contributed by atoms with Gasteiger partial charge in [-0.05, 0) is 19.4 Å². The number of para-hydroxylation sites is 1. The number of nitrogens with zero attached hydrogens (tertiary/aromatic N) is 1. The van der Waals surface area contributed by atoms with Gasteiger partial charge < -0.3 is 19.7 Å². The highest BCUT2D eigenvalue weighted by Gasteiger charge is 2.32. The molecule has 1 aromatic rings. The van der Waals surface area contributed by atoms with Crippen LogP contribution in [0.3, 0.4) is 0 Å². The lowest BCUT2D eigenvalue weighted by atomic mass is 9.94. The third-order valence-corrected chi connectivity index (χ3v) is 4.65. The van der Waals surface area contributed by atoms with Gasteiger partial charge in [-0.25, -0.2) is 4.79 Å². The zero-order valence-electron chi connectivity index (χ0n) is 13.2. The van der Waals surface area contributed by atoms with Gasteiger partial charge in [0.25, 0.3) is 0 Å². The zero-order valence-corrected chi connectivity index (χ0v) is 13.2. The summed E-state index contributed by atoms with van der Waals surface area (Å²) in [5, 5.41) is 3.15. The van der Waals surface area contributed by atoms with Crippen LogP contribution in [0.5, 0.6) is 5.75 Å². The van der Waals surface area contributed by atoms with Gasteiger partial charge in [0.05, 0.1) is 25.9 Å². The Morgan fingerprint density at radius 2 is 2.23 bits per heavy atom. The molecule has 0 saturated carbocycles. The first-order valence-electron chi connectivity index (χ1n) is 8.07. The van der Waals surface area contributed by atoms with E-state index in [-0.39, 0.29) is 24.0 Å². The van der Waals surface area contributed by atoms with Crippen molar-refractivity contribution in [3.05, 3.63) is 29.8 Å². The Bertz CT molecular complexity index is 534. The van der Waals surface area contributed by atoms with Crippen LogP contribution in [0.25, 0.3) is 0 Å². The molecule has 0 radical (unpaired) electrons. The highest BCUT2D eigenvalue weighted by molar-refractivity contribution is 5.75. The molecule has 1 aromatic carbocycles. The topological polar surface area (TPSA) is 50.8 Å². The van der Waals surface area contributed by atoms with Gasteiger partial charge in [0, 0.05) is 24.1 Å². The number of morpholine rings is 1. The van der Waals surface area contributed by atoms with Gasteiger partial charge in [-0.1, -0.05) is 25.1 Å². The molecule has 5 nitrogen and oxygen atoms in total. The van der Waals surface area contributed by atoms with Crippen molar-refractivity contribution in [2.75, 3.05) is 26.4 Å². The number of rotatable bonds is 3. The number of carbonyl (C=O) groups is 1. The molecule has 0 aromatic heterocycles. The monoisotopic (exact) mass is 304 g/mol. The molecular formula is C17H24N2O3. The smallest absolute Gasteiger partial charge is 0.318 e. The minimum atomic E-state index is 0.00651. The lowest BCUT2D eigenvalue weighted by molar-refractivity contribution is 0.0106. The van der Waals surface area contributed by atoms with Gasteiger partial charge in [0.2, 0.25) is 0 Å². The first-order chi connectivity index (χ1) is 10.7. The van der Waals surface area contributed by atoms with Gasteiger partial charge in [0.15, 0.2) is 0 Å². The summed E-state index contributed by atoms with van der Waals surface area (Å²) in [5.74, 6) is 1.15. The van der Waals surface area contributed by atoms with E-state index >= 15 is 0 Å². The van der Waals surface area contributed by atoms with Gasteiger partial charge in [-0.3, -0.25) is 0 Å². The van der Waals surface area contributed by atoms with Crippen LogP contribution in [-0.4, -0.2) is 49.4 Å². The largest absolute Gasteiger partial charge is 0.493 e. The van der Waals surface area contributed by atoms with E-state index < -0.39 is 0 Å². The minimum absolute atomic E-state index is 0.00651. The Labute approximate surface area is 131 Å². The Morgan fingerprint density at radius 3 is 3.05 bits per heavy atom.